The van der Waals surface area contributed by atoms with Crippen LogP contribution in [0.5, 0.6) is 0 Å². The third kappa shape index (κ3) is 8.39. The number of amides is 2. The first-order chi connectivity index (χ1) is 26.9. The van der Waals surface area contributed by atoms with E-state index in [1.165, 1.54) is 40.7 Å². The van der Waals surface area contributed by atoms with Gasteiger partial charge in [0.15, 0.2) is 0 Å². The SMILES string of the molecule is C=C1CCCC/C1=C(\c1ccccc1)N1C(=O)Cc2ccccc21.C=C1CCCC/C1=C(\c1ccccc1)N1C(=O)Cc2ccccc21.Cc1ccccc1. The first-order valence-corrected chi connectivity index (χ1v) is 19.7. The number of benzene rings is 5. The van der Waals surface area contributed by atoms with Crippen LogP contribution in [0.25, 0.3) is 11.4 Å². The van der Waals surface area contributed by atoms with Crippen LogP contribution >= 0.6 is 0 Å². The molecule has 0 radical (unpaired) electrons. The van der Waals surface area contributed by atoms with Crippen LogP contribution in [0.15, 0.2) is 175 Å². The zero-order valence-electron chi connectivity index (χ0n) is 32.0. The Labute approximate surface area is 326 Å². The minimum atomic E-state index is 0.154. The molecule has 2 fully saturated rings. The highest BCUT2D eigenvalue weighted by atomic mass is 16.2. The maximum absolute atomic E-state index is 12.9. The van der Waals surface area contributed by atoms with Gasteiger partial charge in [-0.15, -0.1) is 0 Å². The first kappa shape index (κ1) is 37.3. The van der Waals surface area contributed by atoms with Crippen molar-refractivity contribution in [3.63, 3.8) is 0 Å². The number of nitrogens with zero attached hydrogens (tertiary/aromatic N) is 2. The smallest absolute Gasteiger partial charge is 0.236 e. The summed E-state index contributed by atoms with van der Waals surface area (Å²) in [5, 5.41) is 0. The fourth-order valence-electron chi connectivity index (χ4n) is 8.11. The molecule has 0 spiro atoms. The van der Waals surface area contributed by atoms with Gasteiger partial charge in [0.2, 0.25) is 11.8 Å². The number of carbonyl (C=O) groups excluding carboxylic acids is 2. The molecule has 4 heteroatoms. The maximum Gasteiger partial charge on any atom is 0.236 e. The van der Waals surface area contributed by atoms with Gasteiger partial charge in [-0.1, -0.05) is 146 Å². The van der Waals surface area contributed by atoms with Crippen LogP contribution in [0.4, 0.5) is 11.4 Å². The molecule has 2 aliphatic carbocycles. The number of carbonyl (C=O) groups is 2. The second-order valence-corrected chi connectivity index (χ2v) is 14.7. The Morgan fingerprint density at radius 1 is 0.455 bits per heavy atom. The van der Waals surface area contributed by atoms with Crippen LogP contribution in [0.2, 0.25) is 0 Å². The van der Waals surface area contributed by atoms with Gasteiger partial charge in [-0.3, -0.25) is 19.4 Å². The van der Waals surface area contributed by atoms with E-state index in [0.29, 0.717) is 12.8 Å². The van der Waals surface area contributed by atoms with Crippen molar-refractivity contribution in [2.45, 2.75) is 71.1 Å². The number of allylic oxidation sites excluding steroid dienone is 4. The van der Waals surface area contributed by atoms with Crippen LogP contribution in [0.1, 0.15) is 79.2 Å². The molecule has 0 aromatic heterocycles. The van der Waals surface area contributed by atoms with Gasteiger partial charge in [0.05, 0.1) is 35.6 Å². The van der Waals surface area contributed by atoms with E-state index in [-0.39, 0.29) is 11.8 Å². The molecule has 5 aromatic carbocycles. The molecule has 0 N–H and O–H groups in total. The van der Waals surface area contributed by atoms with Gasteiger partial charge in [-0.25, -0.2) is 0 Å². The summed E-state index contributed by atoms with van der Waals surface area (Å²) in [6.45, 7) is 10.7. The van der Waals surface area contributed by atoms with E-state index in [1.807, 2.05) is 88.7 Å². The molecule has 0 unspecified atom stereocenters. The summed E-state index contributed by atoms with van der Waals surface area (Å²) in [5.74, 6) is 0.307. The van der Waals surface area contributed by atoms with Crippen LogP contribution in [0, 0.1) is 6.92 Å². The Hall–Kier alpha value is -6.00. The molecule has 2 amide bonds. The summed E-state index contributed by atoms with van der Waals surface area (Å²) in [6, 6.07) is 47.0. The minimum Gasteiger partial charge on any atom is -0.280 e. The predicted molar refractivity (Wildman–Crippen MR) is 228 cm³/mol. The molecular formula is C51H50N2O2. The Kier molecular flexibility index (Phi) is 11.8. The molecule has 9 rings (SSSR count). The number of para-hydroxylation sites is 2. The van der Waals surface area contributed by atoms with Crippen molar-refractivity contribution < 1.29 is 9.59 Å². The normalized spacial score (nSPS) is 18.1. The molecule has 0 atom stereocenters. The average molecular weight is 723 g/mol. The topological polar surface area (TPSA) is 40.6 Å². The zero-order chi connectivity index (χ0) is 38.1. The van der Waals surface area contributed by atoms with E-state index >= 15 is 0 Å². The summed E-state index contributed by atoms with van der Waals surface area (Å²) in [4.78, 5) is 29.6. The summed E-state index contributed by atoms with van der Waals surface area (Å²) in [7, 11) is 0. The largest absolute Gasteiger partial charge is 0.280 e. The highest BCUT2D eigenvalue weighted by Crippen LogP contribution is 2.43. The number of rotatable bonds is 4. The van der Waals surface area contributed by atoms with Gasteiger partial charge >= 0.3 is 0 Å². The second kappa shape index (κ2) is 17.4. The lowest BCUT2D eigenvalue weighted by Crippen LogP contribution is -2.27. The van der Waals surface area contributed by atoms with Crippen molar-refractivity contribution in [3.05, 3.63) is 203 Å². The van der Waals surface area contributed by atoms with Crippen LogP contribution in [-0.2, 0) is 22.4 Å². The van der Waals surface area contributed by atoms with Crippen LogP contribution < -0.4 is 9.80 Å². The number of hydrogen-bond donors (Lipinski definition) is 0. The zero-order valence-corrected chi connectivity index (χ0v) is 32.0. The molecular weight excluding hydrogens is 673 g/mol. The monoisotopic (exact) mass is 722 g/mol. The molecule has 4 aliphatic rings. The molecule has 4 nitrogen and oxygen atoms in total. The van der Waals surface area contributed by atoms with E-state index in [9.17, 15) is 9.59 Å². The lowest BCUT2D eigenvalue weighted by molar-refractivity contribution is -0.117. The molecule has 2 heterocycles. The van der Waals surface area contributed by atoms with E-state index in [4.69, 9.17) is 0 Å². The summed E-state index contributed by atoms with van der Waals surface area (Å²) in [6.07, 6.45) is 9.69. The summed E-state index contributed by atoms with van der Waals surface area (Å²) in [5.41, 5.74) is 14.7. The minimum absolute atomic E-state index is 0.154. The molecule has 2 aliphatic heterocycles. The van der Waals surface area contributed by atoms with Gasteiger partial charge < -0.3 is 0 Å². The Morgan fingerprint density at radius 3 is 1.16 bits per heavy atom. The highest BCUT2D eigenvalue weighted by molar-refractivity contribution is 6.13. The molecule has 276 valence electrons. The average Bonchev–Trinajstić information content (AvgIpc) is 3.73. The second-order valence-electron chi connectivity index (χ2n) is 14.7. The lowest BCUT2D eigenvalue weighted by atomic mass is 9.87. The quantitative estimate of drug-likeness (QED) is 0.185. The molecule has 5 aromatic rings. The van der Waals surface area contributed by atoms with E-state index in [2.05, 4.69) is 80.7 Å². The van der Waals surface area contributed by atoms with Gasteiger partial charge in [0.1, 0.15) is 0 Å². The third-order valence-corrected chi connectivity index (χ3v) is 10.9. The van der Waals surface area contributed by atoms with Gasteiger partial charge in [0, 0.05) is 0 Å². The fraction of sp³-hybridized carbons (Fsp3) is 0.216. The van der Waals surface area contributed by atoms with E-state index in [0.717, 1.165) is 83.5 Å². The Morgan fingerprint density at radius 2 is 0.800 bits per heavy atom. The standard InChI is InChI=1S/2C22H21NO.C7H8/c2*1-16-9-5-7-13-19(16)22(17-10-3-2-4-11-17)23-20-14-8-6-12-18(20)15-21(23)24;1-7-5-3-2-4-6-7/h2*2-4,6,8,10-12,14H,1,5,7,9,13,15H2;2-6H,1H3/b2*22-19-;. The fourth-order valence-corrected chi connectivity index (χ4v) is 8.11. The number of fused-ring (bicyclic) bond motifs is 2. The predicted octanol–water partition coefficient (Wildman–Crippen LogP) is 12.2. The molecule has 55 heavy (non-hydrogen) atoms. The molecule has 0 saturated heterocycles. The van der Waals surface area contributed by atoms with Crippen molar-refractivity contribution in [2.24, 2.45) is 0 Å². The molecule has 0 bridgehead atoms. The summed E-state index contributed by atoms with van der Waals surface area (Å²) >= 11 is 0. The van der Waals surface area contributed by atoms with Gasteiger partial charge in [-0.2, -0.15) is 0 Å². The number of hydrogen-bond acceptors (Lipinski definition) is 2. The number of anilines is 2. The maximum atomic E-state index is 12.9. The van der Waals surface area contributed by atoms with Gasteiger partial charge in [-0.05, 0) is 115 Å². The van der Waals surface area contributed by atoms with Crippen molar-refractivity contribution in [2.75, 3.05) is 9.80 Å². The van der Waals surface area contributed by atoms with Crippen molar-refractivity contribution in [1.82, 2.24) is 0 Å². The van der Waals surface area contributed by atoms with E-state index < -0.39 is 0 Å². The Balaban J connectivity index is 0.000000144. The number of aryl methyl sites for hydroxylation is 1. The van der Waals surface area contributed by atoms with E-state index in [1.54, 1.807) is 0 Å². The lowest BCUT2D eigenvalue weighted by Gasteiger charge is -2.28. The van der Waals surface area contributed by atoms with Crippen LogP contribution in [0.3, 0.4) is 0 Å². The van der Waals surface area contributed by atoms with Crippen LogP contribution in [-0.4, -0.2) is 11.8 Å². The Bertz CT molecular complexity index is 2110. The highest BCUT2D eigenvalue weighted by Gasteiger charge is 2.34. The van der Waals surface area contributed by atoms with Crippen molar-refractivity contribution in [1.29, 1.82) is 0 Å². The van der Waals surface area contributed by atoms with Crippen molar-refractivity contribution in [3.8, 4) is 0 Å². The first-order valence-electron chi connectivity index (χ1n) is 19.7. The van der Waals surface area contributed by atoms with Crippen molar-refractivity contribution >= 4 is 34.6 Å². The third-order valence-electron chi connectivity index (χ3n) is 10.9. The summed E-state index contributed by atoms with van der Waals surface area (Å²) < 4.78 is 0. The molecule has 2 saturated carbocycles. The van der Waals surface area contributed by atoms with Gasteiger partial charge in [0.25, 0.3) is 0 Å².